The van der Waals surface area contributed by atoms with E-state index in [2.05, 4.69) is 53.3 Å². The second-order valence-corrected chi connectivity index (χ2v) is 5.12. The predicted molar refractivity (Wildman–Crippen MR) is 80.9 cm³/mol. The number of aromatic nitrogens is 2. The molecule has 21 heavy (non-hydrogen) atoms. The van der Waals surface area contributed by atoms with Crippen molar-refractivity contribution in [1.29, 1.82) is 0 Å². The molecule has 2 aromatic rings. The van der Waals surface area contributed by atoms with Crippen LogP contribution in [0, 0.1) is 0 Å². The Morgan fingerprint density at radius 2 is 1.90 bits per heavy atom. The molecule has 1 atom stereocenters. The number of aromatic amines is 1. The van der Waals surface area contributed by atoms with E-state index in [-0.39, 0.29) is 17.0 Å². The van der Waals surface area contributed by atoms with Gasteiger partial charge in [0.25, 0.3) is 0 Å². The first-order valence-electron chi connectivity index (χ1n) is 7.58. The topological polar surface area (TPSA) is 28.9 Å². The van der Waals surface area contributed by atoms with E-state index in [0.717, 1.165) is 18.8 Å². The first-order valence-corrected chi connectivity index (χ1v) is 7.58. The van der Waals surface area contributed by atoms with Crippen molar-refractivity contribution in [2.45, 2.75) is 45.6 Å². The summed E-state index contributed by atoms with van der Waals surface area (Å²) in [5, 5.41) is 0. The molecular weight excluding hydrogens is 328 g/mol. The fourth-order valence-corrected chi connectivity index (χ4v) is 2.56. The molecule has 3 nitrogen and oxygen atoms in total. The number of nitrogens with one attached hydrogen (secondary N) is 1. The van der Waals surface area contributed by atoms with E-state index in [0.29, 0.717) is 6.04 Å². The Bertz CT molecular complexity index is 482. The highest BCUT2D eigenvalue weighted by molar-refractivity contribution is 5.27. The minimum absolute atomic E-state index is 0. The van der Waals surface area contributed by atoms with E-state index in [1.807, 2.05) is 13.1 Å². The zero-order valence-corrected chi connectivity index (χ0v) is 14.5. The van der Waals surface area contributed by atoms with Gasteiger partial charge < -0.3 is 21.7 Å². The number of H-pyrrole nitrogens is 1. The Kier molecular flexibility index (Phi) is 8.13. The highest BCUT2D eigenvalue weighted by Gasteiger charge is 2.14. The Morgan fingerprint density at radius 1 is 1.14 bits per heavy atom. The highest BCUT2D eigenvalue weighted by Crippen LogP contribution is 2.17. The molecule has 4 heteroatoms. The molecule has 0 aliphatic rings. The number of aryl methyl sites for hydroxylation is 1. The minimum atomic E-state index is 0. The lowest BCUT2D eigenvalue weighted by Gasteiger charge is -2.13. The summed E-state index contributed by atoms with van der Waals surface area (Å²) >= 11 is 0. The van der Waals surface area contributed by atoms with Crippen LogP contribution >= 0.6 is 0 Å². The molecule has 0 saturated carbocycles. The Hall–Kier alpha value is -1.29. The van der Waals surface area contributed by atoms with E-state index in [1.165, 1.54) is 24.8 Å². The molecule has 0 spiro atoms. The first kappa shape index (κ1) is 17.8. The Labute approximate surface area is 138 Å². The van der Waals surface area contributed by atoms with Crippen molar-refractivity contribution in [3.63, 3.8) is 0 Å². The summed E-state index contributed by atoms with van der Waals surface area (Å²) in [4.78, 5) is 3.13. The van der Waals surface area contributed by atoms with Gasteiger partial charge in [0.2, 0.25) is 6.33 Å². The molecule has 0 radical (unpaired) electrons. The lowest BCUT2D eigenvalue weighted by molar-refractivity contribution is -0.723. The van der Waals surface area contributed by atoms with E-state index in [1.54, 1.807) is 0 Å². The van der Waals surface area contributed by atoms with Crippen LogP contribution in [0.25, 0.3) is 0 Å². The van der Waals surface area contributed by atoms with E-state index in [9.17, 15) is 0 Å². The molecule has 0 aliphatic heterocycles. The molecule has 1 aromatic heterocycles. The van der Waals surface area contributed by atoms with Gasteiger partial charge in [-0.15, -0.1) is 0 Å². The number of halogens is 1. The van der Waals surface area contributed by atoms with Gasteiger partial charge in [-0.1, -0.05) is 25.5 Å². The molecule has 1 unspecified atom stereocenters. The number of rotatable bonds is 8. The molecule has 1 heterocycles. The zero-order valence-electron chi connectivity index (χ0n) is 12.9. The van der Waals surface area contributed by atoms with Crippen molar-refractivity contribution in [2.24, 2.45) is 0 Å². The number of nitrogens with zero attached hydrogens (tertiary/aromatic N) is 1. The van der Waals surface area contributed by atoms with Crippen LogP contribution in [-0.2, 0) is 6.42 Å². The maximum absolute atomic E-state index is 5.48. The van der Waals surface area contributed by atoms with E-state index in [4.69, 9.17) is 4.74 Å². The third-order valence-electron chi connectivity index (χ3n) is 3.61. The second-order valence-electron chi connectivity index (χ2n) is 5.12. The molecule has 0 aliphatic carbocycles. The molecule has 1 aromatic carbocycles. The molecule has 1 N–H and O–H groups in total. The predicted octanol–water partition coefficient (Wildman–Crippen LogP) is 0.679. The third kappa shape index (κ3) is 5.54. The van der Waals surface area contributed by atoms with Crippen LogP contribution in [-0.4, -0.2) is 11.6 Å². The van der Waals surface area contributed by atoms with Crippen molar-refractivity contribution < 1.29 is 26.3 Å². The maximum atomic E-state index is 5.48. The molecule has 0 amide bonds. The van der Waals surface area contributed by atoms with Crippen LogP contribution in [0.3, 0.4) is 0 Å². The molecule has 0 saturated heterocycles. The van der Waals surface area contributed by atoms with Crippen LogP contribution in [0.2, 0.25) is 0 Å². The average molecular weight is 353 g/mol. The number of hydrogen-bond donors (Lipinski definition) is 1. The van der Waals surface area contributed by atoms with Gasteiger partial charge in [0, 0.05) is 0 Å². The van der Waals surface area contributed by atoms with Crippen molar-refractivity contribution in [1.82, 2.24) is 4.98 Å². The van der Waals surface area contributed by atoms with Gasteiger partial charge in [0.1, 0.15) is 24.2 Å². The molecular formula is C17H25BrN2O. The quantitative estimate of drug-likeness (QED) is 0.695. The summed E-state index contributed by atoms with van der Waals surface area (Å²) < 4.78 is 7.77. The molecule has 0 fully saturated rings. The summed E-state index contributed by atoms with van der Waals surface area (Å²) in [6, 6.07) is 9.07. The van der Waals surface area contributed by atoms with Crippen molar-refractivity contribution in [3.8, 4) is 5.75 Å². The van der Waals surface area contributed by atoms with Gasteiger partial charge in [-0.25, -0.2) is 4.57 Å². The van der Waals surface area contributed by atoms with Gasteiger partial charge >= 0.3 is 0 Å². The second kappa shape index (κ2) is 9.61. The number of imidazole rings is 1. The summed E-state index contributed by atoms with van der Waals surface area (Å²) in [5.74, 6) is 0.960. The van der Waals surface area contributed by atoms with Gasteiger partial charge in [-0.3, -0.25) is 4.98 Å². The summed E-state index contributed by atoms with van der Waals surface area (Å²) in [7, 11) is 0. The number of benzene rings is 1. The smallest absolute Gasteiger partial charge is 0.241 e. The standard InChI is InChI=1S/C17H24N2O.BrH/c1-3-5-16(19-13-12-18-14-19)9-6-15-7-10-17(11-8-15)20-4-2;/h7-8,10-14,16H,3-6,9H2,1-2H3;1H. The Balaban J connectivity index is 0.00000220. The summed E-state index contributed by atoms with van der Waals surface area (Å²) in [5.41, 5.74) is 1.38. The van der Waals surface area contributed by atoms with Crippen LogP contribution in [0.5, 0.6) is 5.75 Å². The molecule has 0 bridgehead atoms. The number of hydrogen-bond acceptors (Lipinski definition) is 1. The third-order valence-corrected chi connectivity index (χ3v) is 3.61. The number of ether oxygens (including phenoxy) is 1. The lowest BCUT2D eigenvalue weighted by atomic mass is 10.0. The largest absolute Gasteiger partial charge is 1.00 e. The SMILES string of the molecule is CCCC(CCc1ccc(OCC)cc1)[n+]1cc[nH]c1.[Br-]. The first-order chi connectivity index (χ1) is 9.83. The fraction of sp³-hybridized carbons (Fsp3) is 0.471. The lowest BCUT2D eigenvalue weighted by Crippen LogP contribution is -3.00. The zero-order chi connectivity index (χ0) is 14.2. The normalized spacial score (nSPS) is 11.7. The highest BCUT2D eigenvalue weighted by atomic mass is 79.9. The Morgan fingerprint density at radius 3 is 2.48 bits per heavy atom. The van der Waals surface area contributed by atoms with Crippen molar-refractivity contribution in [2.75, 3.05) is 6.61 Å². The monoisotopic (exact) mass is 352 g/mol. The van der Waals surface area contributed by atoms with Gasteiger partial charge in [-0.2, -0.15) is 0 Å². The van der Waals surface area contributed by atoms with Crippen LogP contribution in [0.15, 0.2) is 43.0 Å². The maximum Gasteiger partial charge on any atom is 0.241 e. The van der Waals surface area contributed by atoms with Crippen LogP contribution < -0.4 is 26.3 Å². The van der Waals surface area contributed by atoms with Crippen molar-refractivity contribution >= 4 is 0 Å². The average Bonchev–Trinajstić information content (AvgIpc) is 2.99. The van der Waals surface area contributed by atoms with Crippen LogP contribution in [0.1, 0.15) is 44.7 Å². The van der Waals surface area contributed by atoms with Gasteiger partial charge in [0.05, 0.1) is 6.61 Å². The van der Waals surface area contributed by atoms with Gasteiger partial charge in [-0.05, 0) is 43.9 Å². The minimum Gasteiger partial charge on any atom is -1.00 e. The van der Waals surface area contributed by atoms with E-state index < -0.39 is 0 Å². The van der Waals surface area contributed by atoms with E-state index >= 15 is 0 Å². The van der Waals surface area contributed by atoms with Crippen molar-refractivity contribution in [3.05, 3.63) is 48.5 Å². The van der Waals surface area contributed by atoms with Gasteiger partial charge in [0.15, 0.2) is 0 Å². The van der Waals surface area contributed by atoms with Crippen LogP contribution in [0.4, 0.5) is 0 Å². The fourth-order valence-electron chi connectivity index (χ4n) is 2.56. The summed E-state index contributed by atoms with van der Waals surface area (Å²) in [6.07, 6.45) is 10.9. The summed E-state index contributed by atoms with van der Waals surface area (Å²) in [6.45, 7) is 4.98. The molecule has 116 valence electrons. The molecule has 2 rings (SSSR count).